The second kappa shape index (κ2) is 6.97. The minimum absolute atomic E-state index is 0.0931. The van der Waals surface area contributed by atoms with Crippen molar-refractivity contribution in [3.05, 3.63) is 23.9 Å². The van der Waals surface area contributed by atoms with Crippen LogP contribution >= 0.6 is 0 Å². The molecule has 0 saturated heterocycles. The molecule has 1 spiro atoms. The largest absolute Gasteiger partial charge is 0.378 e. The molecular formula is C18H28N4O2. The van der Waals surface area contributed by atoms with Crippen LogP contribution in [0.5, 0.6) is 0 Å². The van der Waals surface area contributed by atoms with Crippen LogP contribution < -0.4 is 15.5 Å². The molecule has 2 aliphatic carbocycles. The van der Waals surface area contributed by atoms with Crippen LogP contribution in [0.4, 0.5) is 10.6 Å². The standard InChI is InChI=1S/C18H28N4O2/c1-4-24-15-11-14(18(15)7-5-8-18)21-17(23)20-12-13-6-9-19-16(10-13)22(2)3/h6,9-10,14-15H,4-5,7-8,11-12H2,1-3H3,(H2,20,21,23)/t14-,15-/m0/s1. The van der Waals surface area contributed by atoms with Crippen molar-refractivity contribution in [1.82, 2.24) is 15.6 Å². The quantitative estimate of drug-likeness (QED) is 0.839. The monoisotopic (exact) mass is 332 g/mol. The summed E-state index contributed by atoms with van der Waals surface area (Å²) in [5, 5.41) is 6.11. The predicted octanol–water partition coefficient (Wildman–Crippen LogP) is 2.29. The van der Waals surface area contributed by atoms with Gasteiger partial charge in [0.25, 0.3) is 0 Å². The first-order valence-electron chi connectivity index (χ1n) is 8.83. The number of urea groups is 1. The van der Waals surface area contributed by atoms with E-state index in [9.17, 15) is 4.79 Å². The lowest BCUT2D eigenvalue weighted by molar-refractivity contribution is -0.169. The van der Waals surface area contributed by atoms with Gasteiger partial charge in [-0.15, -0.1) is 0 Å². The molecule has 0 aliphatic heterocycles. The Morgan fingerprint density at radius 1 is 1.46 bits per heavy atom. The Kier molecular flexibility index (Phi) is 4.94. The van der Waals surface area contributed by atoms with Gasteiger partial charge in [0.2, 0.25) is 0 Å². The fourth-order valence-corrected chi connectivity index (χ4v) is 3.85. The van der Waals surface area contributed by atoms with Crippen LogP contribution in [-0.2, 0) is 11.3 Å². The van der Waals surface area contributed by atoms with Crippen LogP contribution in [0.15, 0.2) is 18.3 Å². The molecule has 2 aliphatic rings. The maximum Gasteiger partial charge on any atom is 0.315 e. The highest BCUT2D eigenvalue weighted by atomic mass is 16.5. The molecule has 1 heterocycles. The number of pyridine rings is 1. The van der Waals surface area contributed by atoms with Crippen LogP contribution in [0.3, 0.4) is 0 Å². The fourth-order valence-electron chi connectivity index (χ4n) is 3.85. The molecule has 132 valence electrons. The van der Waals surface area contributed by atoms with Crippen LogP contribution in [-0.4, -0.2) is 43.9 Å². The van der Waals surface area contributed by atoms with Gasteiger partial charge in [-0.25, -0.2) is 9.78 Å². The van der Waals surface area contributed by atoms with Gasteiger partial charge < -0.3 is 20.3 Å². The molecule has 2 N–H and O–H groups in total. The highest BCUT2D eigenvalue weighted by Crippen LogP contribution is 2.57. The van der Waals surface area contributed by atoms with Crippen molar-refractivity contribution in [2.75, 3.05) is 25.6 Å². The molecular weight excluding hydrogens is 304 g/mol. The first kappa shape index (κ1) is 17.0. The summed E-state index contributed by atoms with van der Waals surface area (Å²) in [5.74, 6) is 0.890. The minimum Gasteiger partial charge on any atom is -0.378 e. The van der Waals surface area contributed by atoms with Gasteiger partial charge in [0, 0.05) is 44.9 Å². The first-order chi connectivity index (χ1) is 11.5. The van der Waals surface area contributed by atoms with E-state index in [1.807, 2.05) is 38.1 Å². The lowest BCUT2D eigenvalue weighted by atomic mass is 9.51. The van der Waals surface area contributed by atoms with Crippen molar-refractivity contribution in [2.24, 2.45) is 5.41 Å². The number of amides is 2. The Balaban J connectivity index is 1.49. The van der Waals surface area contributed by atoms with Gasteiger partial charge in [-0.05, 0) is 43.9 Å². The summed E-state index contributed by atoms with van der Waals surface area (Å²) in [7, 11) is 3.91. The zero-order chi connectivity index (χ0) is 17.2. The minimum atomic E-state index is -0.0931. The molecule has 2 saturated carbocycles. The average Bonchev–Trinajstić information content (AvgIpc) is 2.50. The molecule has 3 rings (SSSR count). The van der Waals surface area contributed by atoms with Gasteiger partial charge in [0.05, 0.1) is 6.10 Å². The Bertz CT molecular complexity index is 586. The van der Waals surface area contributed by atoms with Crippen molar-refractivity contribution in [3.8, 4) is 0 Å². The van der Waals surface area contributed by atoms with E-state index >= 15 is 0 Å². The van der Waals surface area contributed by atoms with E-state index in [0.29, 0.717) is 12.6 Å². The van der Waals surface area contributed by atoms with Gasteiger partial charge in [-0.2, -0.15) is 0 Å². The molecule has 1 aromatic heterocycles. The molecule has 1 aromatic rings. The summed E-state index contributed by atoms with van der Waals surface area (Å²) in [6.07, 6.45) is 6.60. The van der Waals surface area contributed by atoms with Crippen molar-refractivity contribution in [2.45, 2.75) is 51.3 Å². The van der Waals surface area contributed by atoms with Crippen LogP contribution in [0, 0.1) is 5.41 Å². The number of hydrogen-bond acceptors (Lipinski definition) is 4. The summed E-state index contributed by atoms with van der Waals surface area (Å²) in [6.45, 7) is 3.29. The third-order valence-electron chi connectivity index (χ3n) is 5.46. The number of anilines is 1. The van der Waals surface area contributed by atoms with Gasteiger partial charge in [-0.3, -0.25) is 0 Å². The smallest absolute Gasteiger partial charge is 0.315 e. The topological polar surface area (TPSA) is 66.5 Å². The highest BCUT2D eigenvalue weighted by molar-refractivity contribution is 5.74. The second-order valence-electron chi connectivity index (χ2n) is 7.06. The van der Waals surface area contributed by atoms with E-state index in [0.717, 1.165) is 24.4 Å². The SMILES string of the molecule is CCO[C@H]1C[C@H](NC(=O)NCc2ccnc(N(C)C)c2)C12CCC2. The van der Waals surface area contributed by atoms with Gasteiger partial charge in [0.15, 0.2) is 0 Å². The number of nitrogens with zero attached hydrogens (tertiary/aromatic N) is 2. The van der Waals surface area contributed by atoms with E-state index in [-0.39, 0.29) is 17.5 Å². The van der Waals surface area contributed by atoms with Crippen LogP contribution in [0.25, 0.3) is 0 Å². The molecule has 0 bridgehead atoms. The molecule has 2 fully saturated rings. The van der Waals surface area contributed by atoms with E-state index in [1.54, 1.807) is 6.20 Å². The Morgan fingerprint density at radius 2 is 2.25 bits per heavy atom. The van der Waals surface area contributed by atoms with Gasteiger partial charge in [0.1, 0.15) is 5.82 Å². The average molecular weight is 332 g/mol. The summed E-state index contributed by atoms with van der Waals surface area (Å²) in [5.41, 5.74) is 1.24. The third kappa shape index (κ3) is 3.20. The van der Waals surface area contributed by atoms with Crippen molar-refractivity contribution in [1.29, 1.82) is 0 Å². The van der Waals surface area contributed by atoms with Gasteiger partial charge in [-0.1, -0.05) is 6.42 Å². The van der Waals surface area contributed by atoms with E-state index in [4.69, 9.17) is 4.74 Å². The molecule has 0 radical (unpaired) electrons. The maximum absolute atomic E-state index is 12.2. The maximum atomic E-state index is 12.2. The van der Waals surface area contributed by atoms with E-state index in [1.165, 1.54) is 19.3 Å². The molecule has 6 heteroatoms. The number of aromatic nitrogens is 1. The van der Waals surface area contributed by atoms with Gasteiger partial charge >= 0.3 is 6.03 Å². The normalized spacial score (nSPS) is 24.0. The number of rotatable bonds is 6. The number of carbonyl (C=O) groups is 1. The summed E-state index contributed by atoms with van der Waals surface area (Å²) in [4.78, 5) is 18.5. The predicted molar refractivity (Wildman–Crippen MR) is 94.0 cm³/mol. The highest BCUT2D eigenvalue weighted by Gasteiger charge is 2.59. The molecule has 2 atom stereocenters. The van der Waals surface area contributed by atoms with E-state index in [2.05, 4.69) is 15.6 Å². The lowest BCUT2D eigenvalue weighted by Crippen LogP contribution is -2.68. The molecule has 2 amide bonds. The number of nitrogens with one attached hydrogen (secondary N) is 2. The van der Waals surface area contributed by atoms with Crippen LogP contribution in [0.2, 0.25) is 0 Å². The molecule has 6 nitrogen and oxygen atoms in total. The Labute approximate surface area is 144 Å². The van der Waals surface area contributed by atoms with Crippen molar-refractivity contribution in [3.63, 3.8) is 0 Å². The number of ether oxygens (including phenoxy) is 1. The second-order valence-corrected chi connectivity index (χ2v) is 7.06. The molecule has 24 heavy (non-hydrogen) atoms. The Morgan fingerprint density at radius 3 is 2.88 bits per heavy atom. The Hall–Kier alpha value is -1.82. The fraction of sp³-hybridized carbons (Fsp3) is 0.667. The molecule has 0 aromatic carbocycles. The first-order valence-corrected chi connectivity index (χ1v) is 8.83. The summed E-state index contributed by atoms with van der Waals surface area (Å²) < 4.78 is 5.83. The molecule has 0 unspecified atom stereocenters. The summed E-state index contributed by atoms with van der Waals surface area (Å²) in [6, 6.07) is 4.07. The lowest BCUT2D eigenvalue weighted by Gasteiger charge is -2.60. The van der Waals surface area contributed by atoms with Crippen molar-refractivity contribution >= 4 is 11.8 Å². The van der Waals surface area contributed by atoms with Crippen molar-refractivity contribution < 1.29 is 9.53 Å². The zero-order valence-corrected chi connectivity index (χ0v) is 14.8. The van der Waals surface area contributed by atoms with Crippen LogP contribution in [0.1, 0.15) is 38.2 Å². The third-order valence-corrected chi connectivity index (χ3v) is 5.46. The number of carbonyl (C=O) groups excluding carboxylic acids is 1. The zero-order valence-electron chi connectivity index (χ0n) is 14.8. The van der Waals surface area contributed by atoms with E-state index < -0.39 is 0 Å². The summed E-state index contributed by atoms with van der Waals surface area (Å²) >= 11 is 0. The number of hydrogen-bond donors (Lipinski definition) is 2.